The van der Waals surface area contributed by atoms with Crippen molar-refractivity contribution in [1.29, 1.82) is 0 Å². The fourth-order valence-electron chi connectivity index (χ4n) is 3.06. The molecule has 3 heterocycles. The van der Waals surface area contributed by atoms with Crippen molar-refractivity contribution < 1.29 is 13.9 Å². The molecule has 0 fully saturated rings. The van der Waals surface area contributed by atoms with Crippen molar-refractivity contribution in [3.05, 3.63) is 75.6 Å². The molecular weight excluding hydrogens is 428 g/mol. The molecule has 4 rings (SSSR count). The molecule has 0 aliphatic heterocycles. The lowest BCUT2D eigenvalue weighted by atomic mass is 10.2. The number of hydrogen-bond donors (Lipinski definition) is 1. The predicted octanol–water partition coefficient (Wildman–Crippen LogP) is 5.05. The molecule has 0 aliphatic carbocycles. The van der Waals surface area contributed by atoms with Crippen LogP contribution in [0.4, 0.5) is 0 Å². The van der Waals surface area contributed by atoms with Crippen LogP contribution in [0.5, 0.6) is 5.75 Å². The molecule has 0 spiro atoms. The van der Waals surface area contributed by atoms with Gasteiger partial charge in [-0.2, -0.15) is 0 Å². The van der Waals surface area contributed by atoms with Gasteiger partial charge in [-0.05, 0) is 40.2 Å². The third-order valence-corrected chi connectivity index (χ3v) is 6.16. The number of furan rings is 1. The summed E-state index contributed by atoms with van der Waals surface area (Å²) in [6.07, 6.45) is 1.60. The van der Waals surface area contributed by atoms with E-state index >= 15 is 0 Å². The zero-order valence-corrected chi connectivity index (χ0v) is 17.0. The second kappa shape index (κ2) is 7.62. The summed E-state index contributed by atoms with van der Waals surface area (Å²) >= 11 is 5.22. The number of methoxy groups -OCH3 is 1. The lowest BCUT2D eigenvalue weighted by molar-refractivity contribution is 0.0939. The van der Waals surface area contributed by atoms with Crippen LogP contribution in [-0.2, 0) is 13.1 Å². The van der Waals surface area contributed by atoms with E-state index in [1.807, 2.05) is 46.3 Å². The molecule has 1 N–H and O–H groups in total. The summed E-state index contributed by atoms with van der Waals surface area (Å²) in [6.45, 7) is 0.882. The van der Waals surface area contributed by atoms with Crippen LogP contribution in [0.15, 0.2) is 63.0 Å². The van der Waals surface area contributed by atoms with Crippen LogP contribution in [-0.4, -0.2) is 17.6 Å². The average Bonchev–Trinajstić information content (AvgIpc) is 3.40. The number of fused-ring (bicyclic) bond motifs is 1. The Balaban J connectivity index is 1.70. The van der Waals surface area contributed by atoms with E-state index in [0.29, 0.717) is 24.5 Å². The number of aromatic nitrogens is 1. The van der Waals surface area contributed by atoms with Gasteiger partial charge in [-0.25, -0.2) is 0 Å². The van der Waals surface area contributed by atoms with Crippen molar-refractivity contribution in [2.45, 2.75) is 13.1 Å². The summed E-state index contributed by atoms with van der Waals surface area (Å²) in [5.74, 6) is 1.37. The summed E-state index contributed by atoms with van der Waals surface area (Å²) in [5, 5.41) is 4.97. The summed E-state index contributed by atoms with van der Waals surface area (Å²) in [5.41, 5.74) is 2.62. The highest BCUT2D eigenvalue weighted by Crippen LogP contribution is 2.34. The number of carbonyl (C=O) groups is 1. The zero-order valence-electron chi connectivity index (χ0n) is 14.6. The van der Waals surface area contributed by atoms with Gasteiger partial charge in [-0.1, -0.05) is 18.2 Å². The maximum atomic E-state index is 12.9. The first-order valence-electron chi connectivity index (χ1n) is 8.36. The van der Waals surface area contributed by atoms with Crippen LogP contribution in [0, 0.1) is 0 Å². The smallest absolute Gasteiger partial charge is 0.268 e. The van der Waals surface area contributed by atoms with Gasteiger partial charge in [0.15, 0.2) is 0 Å². The third-order valence-electron chi connectivity index (χ3n) is 4.33. The molecule has 0 atom stereocenters. The highest BCUT2D eigenvalue weighted by atomic mass is 79.9. The van der Waals surface area contributed by atoms with Crippen LogP contribution in [0.1, 0.15) is 21.8 Å². The van der Waals surface area contributed by atoms with E-state index in [9.17, 15) is 4.79 Å². The van der Waals surface area contributed by atoms with Crippen LogP contribution < -0.4 is 10.1 Å². The monoisotopic (exact) mass is 444 g/mol. The molecule has 7 heteroatoms. The molecule has 0 aliphatic rings. The van der Waals surface area contributed by atoms with Crippen LogP contribution in [0.25, 0.3) is 10.2 Å². The number of nitrogens with zero attached hydrogens (tertiary/aromatic N) is 1. The summed E-state index contributed by atoms with van der Waals surface area (Å²) in [6, 6.07) is 13.4. The normalized spacial score (nSPS) is 11.0. The number of para-hydroxylation sites is 1. The Bertz CT molecular complexity index is 1080. The van der Waals surface area contributed by atoms with E-state index in [-0.39, 0.29) is 5.91 Å². The minimum atomic E-state index is -0.142. The summed E-state index contributed by atoms with van der Waals surface area (Å²) in [7, 11) is 1.65. The first-order chi connectivity index (χ1) is 13.2. The molecule has 1 aromatic carbocycles. The molecule has 27 heavy (non-hydrogen) atoms. The van der Waals surface area contributed by atoms with Crippen molar-refractivity contribution in [2.75, 3.05) is 7.11 Å². The lowest BCUT2D eigenvalue weighted by Crippen LogP contribution is -2.25. The Morgan fingerprint density at radius 2 is 2.15 bits per heavy atom. The Hall–Kier alpha value is -2.51. The van der Waals surface area contributed by atoms with Crippen molar-refractivity contribution in [3.63, 3.8) is 0 Å². The molecule has 138 valence electrons. The highest BCUT2D eigenvalue weighted by molar-refractivity contribution is 9.10. The average molecular weight is 445 g/mol. The zero-order chi connectivity index (χ0) is 18.8. The topological polar surface area (TPSA) is 56.4 Å². The largest absolute Gasteiger partial charge is 0.496 e. The van der Waals surface area contributed by atoms with E-state index in [1.54, 1.807) is 30.8 Å². The van der Waals surface area contributed by atoms with Gasteiger partial charge in [0, 0.05) is 10.9 Å². The predicted molar refractivity (Wildman–Crippen MR) is 109 cm³/mol. The number of halogens is 1. The molecule has 4 aromatic rings. The van der Waals surface area contributed by atoms with Gasteiger partial charge in [-0.15, -0.1) is 11.3 Å². The van der Waals surface area contributed by atoms with Crippen LogP contribution >= 0.6 is 27.3 Å². The van der Waals surface area contributed by atoms with Gasteiger partial charge < -0.3 is 19.0 Å². The Kier molecular flexibility index (Phi) is 5.05. The number of hydrogen-bond acceptors (Lipinski definition) is 4. The molecule has 0 unspecified atom stereocenters. The van der Waals surface area contributed by atoms with Gasteiger partial charge in [0.2, 0.25) is 0 Å². The number of ether oxygens (including phenoxy) is 1. The molecule has 0 radical (unpaired) electrons. The first-order valence-corrected chi connectivity index (χ1v) is 10.0. The third kappa shape index (κ3) is 3.52. The van der Waals surface area contributed by atoms with E-state index < -0.39 is 0 Å². The van der Waals surface area contributed by atoms with E-state index in [2.05, 4.69) is 21.2 Å². The molecule has 0 bridgehead atoms. The SMILES string of the molecule is COc1ccccc1Cn1c(C(=O)NCc2ccco2)cc2scc(Br)c21. The fraction of sp³-hybridized carbons (Fsp3) is 0.150. The minimum absolute atomic E-state index is 0.142. The number of nitrogens with one attached hydrogen (secondary N) is 1. The molecule has 3 aromatic heterocycles. The Morgan fingerprint density at radius 3 is 2.93 bits per heavy atom. The number of carbonyl (C=O) groups excluding carboxylic acids is 1. The van der Waals surface area contributed by atoms with E-state index in [4.69, 9.17) is 9.15 Å². The Labute approximate surface area is 168 Å². The molecule has 0 saturated heterocycles. The van der Waals surface area contributed by atoms with E-state index in [1.165, 1.54) is 0 Å². The molecular formula is C20H17BrN2O3S. The van der Waals surface area contributed by atoms with Crippen molar-refractivity contribution in [3.8, 4) is 5.75 Å². The lowest BCUT2D eigenvalue weighted by Gasteiger charge is -2.13. The molecule has 0 saturated carbocycles. The van der Waals surface area contributed by atoms with Gasteiger partial charge >= 0.3 is 0 Å². The number of benzene rings is 1. The summed E-state index contributed by atoms with van der Waals surface area (Å²) < 4.78 is 14.8. The maximum Gasteiger partial charge on any atom is 0.268 e. The van der Waals surface area contributed by atoms with Crippen LogP contribution in [0.3, 0.4) is 0 Å². The summed E-state index contributed by atoms with van der Waals surface area (Å²) in [4.78, 5) is 12.9. The second-order valence-electron chi connectivity index (χ2n) is 5.99. The van der Waals surface area contributed by atoms with Crippen LogP contribution in [0.2, 0.25) is 0 Å². The standard InChI is InChI=1S/C20H17BrN2O3S/c1-25-17-7-3-2-5-13(17)11-23-16(9-18-19(23)15(21)12-27-18)20(24)22-10-14-6-4-8-26-14/h2-9,12H,10-11H2,1H3,(H,22,24). The van der Waals surface area contributed by atoms with Gasteiger partial charge in [-0.3, -0.25) is 4.79 Å². The van der Waals surface area contributed by atoms with Crippen molar-refractivity contribution >= 4 is 43.4 Å². The fourth-order valence-corrected chi connectivity index (χ4v) is 4.75. The van der Waals surface area contributed by atoms with Gasteiger partial charge in [0.1, 0.15) is 17.2 Å². The highest BCUT2D eigenvalue weighted by Gasteiger charge is 2.20. The number of thiophene rings is 1. The Morgan fingerprint density at radius 1 is 1.30 bits per heavy atom. The van der Waals surface area contributed by atoms with E-state index in [0.717, 1.165) is 26.0 Å². The quantitative estimate of drug-likeness (QED) is 0.452. The number of amides is 1. The second-order valence-corrected chi connectivity index (χ2v) is 7.75. The van der Waals surface area contributed by atoms with Crippen molar-refractivity contribution in [2.24, 2.45) is 0 Å². The first kappa shape index (κ1) is 17.9. The molecule has 1 amide bonds. The van der Waals surface area contributed by atoms with Crippen molar-refractivity contribution in [1.82, 2.24) is 9.88 Å². The molecule has 5 nitrogen and oxygen atoms in total. The maximum absolute atomic E-state index is 12.9. The van der Waals surface area contributed by atoms with Gasteiger partial charge in [0.05, 0.1) is 41.2 Å². The van der Waals surface area contributed by atoms with Gasteiger partial charge in [0.25, 0.3) is 5.91 Å². The minimum Gasteiger partial charge on any atom is -0.496 e. The number of rotatable bonds is 6.